The molecule has 0 aliphatic heterocycles. The van der Waals surface area contributed by atoms with Crippen LogP contribution in [0, 0.1) is 10.1 Å². The van der Waals surface area contributed by atoms with Crippen LogP contribution in [-0.2, 0) is 0 Å². The summed E-state index contributed by atoms with van der Waals surface area (Å²) in [6, 6.07) is 4.39. The Bertz CT molecular complexity index is 414. The highest BCUT2D eigenvalue weighted by Crippen LogP contribution is 2.25. The van der Waals surface area contributed by atoms with Crippen LogP contribution >= 0.6 is 0 Å². The van der Waals surface area contributed by atoms with Gasteiger partial charge < -0.3 is 10.5 Å². The van der Waals surface area contributed by atoms with Crippen molar-refractivity contribution < 1.29 is 9.66 Å². The first-order chi connectivity index (χ1) is 7.54. The van der Waals surface area contributed by atoms with Gasteiger partial charge in [-0.2, -0.15) is 0 Å². The molecule has 0 amide bonds. The molecule has 1 aromatic rings. The molecule has 5 heteroatoms. The van der Waals surface area contributed by atoms with E-state index in [0.29, 0.717) is 5.75 Å². The van der Waals surface area contributed by atoms with E-state index in [0.717, 1.165) is 5.56 Å². The van der Waals surface area contributed by atoms with Gasteiger partial charge >= 0.3 is 0 Å². The maximum Gasteiger partial charge on any atom is 0.273 e. The average molecular weight is 222 g/mol. The lowest BCUT2D eigenvalue weighted by molar-refractivity contribution is -0.384. The van der Waals surface area contributed by atoms with Gasteiger partial charge in [-0.3, -0.25) is 10.1 Å². The molecule has 0 aliphatic rings. The molecule has 0 spiro atoms. The third-order valence-corrected chi connectivity index (χ3v) is 2.01. The number of methoxy groups -OCH3 is 1. The number of benzene rings is 1. The zero-order valence-electron chi connectivity index (χ0n) is 9.21. The third kappa shape index (κ3) is 3.06. The van der Waals surface area contributed by atoms with E-state index in [-0.39, 0.29) is 11.7 Å². The van der Waals surface area contributed by atoms with Gasteiger partial charge in [-0.05, 0) is 13.0 Å². The summed E-state index contributed by atoms with van der Waals surface area (Å²) in [5.41, 5.74) is 6.35. The number of nitrogens with two attached hydrogens (primary N) is 1. The lowest BCUT2D eigenvalue weighted by atomic mass is 10.1. The fourth-order valence-electron chi connectivity index (χ4n) is 1.21. The van der Waals surface area contributed by atoms with Gasteiger partial charge in [0, 0.05) is 17.7 Å². The second-order valence-electron chi connectivity index (χ2n) is 3.40. The summed E-state index contributed by atoms with van der Waals surface area (Å²) in [4.78, 5) is 10.1. The van der Waals surface area contributed by atoms with Gasteiger partial charge in [-0.25, -0.2) is 0 Å². The fraction of sp³-hybridized carbons (Fsp3) is 0.273. The molecule has 1 aromatic carbocycles. The van der Waals surface area contributed by atoms with Crippen molar-refractivity contribution in [2.24, 2.45) is 5.73 Å². The van der Waals surface area contributed by atoms with E-state index in [1.807, 2.05) is 6.92 Å². The predicted molar refractivity (Wildman–Crippen MR) is 62.3 cm³/mol. The molecule has 0 bridgehead atoms. The fourth-order valence-corrected chi connectivity index (χ4v) is 1.21. The minimum absolute atomic E-state index is 0.00907. The van der Waals surface area contributed by atoms with Crippen molar-refractivity contribution in [2.45, 2.75) is 13.0 Å². The van der Waals surface area contributed by atoms with Crippen LogP contribution in [0.1, 0.15) is 12.5 Å². The number of non-ortho nitro benzene ring substituents is 1. The molecule has 0 saturated heterocycles. The molecular weight excluding hydrogens is 208 g/mol. The summed E-state index contributed by atoms with van der Waals surface area (Å²) >= 11 is 0. The quantitative estimate of drug-likeness (QED) is 0.624. The molecule has 0 aliphatic carbocycles. The molecule has 0 aromatic heterocycles. The van der Waals surface area contributed by atoms with Crippen LogP contribution in [0.25, 0.3) is 6.08 Å². The van der Waals surface area contributed by atoms with Gasteiger partial charge in [0.2, 0.25) is 0 Å². The first kappa shape index (κ1) is 12.2. The molecular formula is C11H14N2O3. The summed E-state index contributed by atoms with van der Waals surface area (Å²) in [5.74, 6) is 0.464. The SMILES string of the molecule is COc1cc([N+](=O)[O-])ccc1/C=C/C(C)N. The predicted octanol–water partition coefficient (Wildman–Crippen LogP) is 1.96. The van der Waals surface area contributed by atoms with Crippen molar-refractivity contribution in [3.05, 3.63) is 40.0 Å². The second kappa shape index (κ2) is 5.27. The summed E-state index contributed by atoms with van der Waals surface area (Å²) in [7, 11) is 1.47. The van der Waals surface area contributed by atoms with Gasteiger partial charge in [-0.15, -0.1) is 0 Å². The van der Waals surface area contributed by atoms with E-state index in [4.69, 9.17) is 10.5 Å². The minimum Gasteiger partial charge on any atom is -0.496 e. The Labute approximate surface area is 93.7 Å². The standard InChI is InChI=1S/C11H14N2O3/c1-8(12)3-4-9-5-6-10(13(14)15)7-11(9)16-2/h3-8H,12H2,1-2H3/b4-3+. The molecule has 86 valence electrons. The molecule has 0 heterocycles. The van der Waals surface area contributed by atoms with E-state index in [1.54, 1.807) is 18.2 Å². The Morgan fingerprint density at radius 2 is 2.25 bits per heavy atom. The number of nitrogens with zero attached hydrogens (tertiary/aromatic N) is 1. The van der Waals surface area contributed by atoms with E-state index in [2.05, 4.69) is 0 Å². The van der Waals surface area contributed by atoms with Crippen LogP contribution in [0.2, 0.25) is 0 Å². The van der Waals surface area contributed by atoms with Crippen molar-refractivity contribution in [1.29, 1.82) is 0 Å². The van der Waals surface area contributed by atoms with Crippen LogP contribution in [0.5, 0.6) is 5.75 Å². The number of nitro groups is 1. The Morgan fingerprint density at radius 1 is 1.56 bits per heavy atom. The smallest absolute Gasteiger partial charge is 0.273 e. The zero-order chi connectivity index (χ0) is 12.1. The number of ether oxygens (including phenoxy) is 1. The Kier molecular flexibility index (Phi) is 4.02. The van der Waals surface area contributed by atoms with E-state index >= 15 is 0 Å². The van der Waals surface area contributed by atoms with Crippen LogP contribution < -0.4 is 10.5 Å². The van der Waals surface area contributed by atoms with Crippen molar-refractivity contribution in [1.82, 2.24) is 0 Å². The Morgan fingerprint density at radius 3 is 2.75 bits per heavy atom. The lowest BCUT2D eigenvalue weighted by Gasteiger charge is -2.04. The van der Waals surface area contributed by atoms with E-state index < -0.39 is 4.92 Å². The lowest BCUT2D eigenvalue weighted by Crippen LogP contribution is -2.09. The summed E-state index contributed by atoms with van der Waals surface area (Å²) in [6.45, 7) is 1.84. The second-order valence-corrected chi connectivity index (χ2v) is 3.40. The van der Waals surface area contributed by atoms with Crippen molar-refractivity contribution in [3.8, 4) is 5.75 Å². The van der Waals surface area contributed by atoms with E-state index in [9.17, 15) is 10.1 Å². The summed E-state index contributed by atoms with van der Waals surface area (Å²) in [5, 5.41) is 10.6. The molecule has 0 saturated carbocycles. The molecule has 1 atom stereocenters. The molecule has 1 rings (SSSR count). The molecule has 16 heavy (non-hydrogen) atoms. The topological polar surface area (TPSA) is 78.4 Å². The zero-order valence-corrected chi connectivity index (χ0v) is 9.21. The largest absolute Gasteiger partial charge is 0.496 e. The maximum atomic E-state index is 10.6. The highest BCUT2D eigenvalue weighted by atomic mass is 16.6. The third-order valence-electron chi connectivity index (χ3n) is 2.01. The molecule has 2 N–H and O–H groups in total. The highest BCUT2D eigenvalue weighted by molar-refractivity contribution is 5.60. The number of hydrogen-bond acceptors (Lipinski definition) is 4. The van der Waals surface area contributed by atoms with Crippen LogP contribution in [0.15, 0.2) is 24.3 Å². The van der Waals surface area contributed by atoms with Gasteiger partial charge in [0.25, 0.3) is 5.69 Å². The summed E-state index contributed by atoms with van der Waals surface area (Å²) < 4.78 is 5.07. The van der Waals surface area contributed by atoms with E-state index in [1.165, 1.54) is 19.2 Å². The molecule has 5 nitrogen and oxygen atoms in total. The maximum absolute atomic E-state index is 10.6. The van der Waals surface area contributed by atoms with Crippen LogP contribution in [-0.4, -0.2) is 18.1 Å². The summed E-state index contributed by atoms with van der Waals surface area (Å²) in [6.07, 6.45) is 3.58. The molecule has 1 unspecified atom stereocenters. The van der Waals surface area contributed by atoms with Crippen molar-refractivity contribution in [2.75, 3.05) is 7.11 Å². The normalized spacial score (nSPS) is 12.7. The molecule has 0 fully saturated rings. The van der Waals surface area contributed by atoms with Gasteiger partial charge in [0.05, 0.1) is 18.1 Å². The number of rotatable bonds is 4. The minimum atomic E-state index is -0.457. The van der Waals surface area contributed by atoms with Gasteiger partial charge in [0.1, 0.15) is 5.75 Å². The first-order valence-corrected chi connectivity index (χ1v) is 4.81. The van der Waals surface area contributed by atoms with Crippen LogP contribution in [0.3, 0.4) is 0 Å². The first-order valence-electron chi connectivity index (χ1n) is 4.81. The van der Waals surface area contributed by atoms with Gasteiger partial charge in [-0.1, -0.05) is 12.2 Å². The van der Waals surface area contributed by atoms with Gasteiger partial charge in [0.15, 0.2) is 0 Å². The number of nitro benzene ring substituents is 1. The Balaban J connectivity index is 3.07. The van der Waals surface area contributed by atoms with Crippen molar-refractivity contribution >= 4 is 11.8 Å². The van der Waals surface area contributed by atoms with Crippen LogP contribution in [0.4, 0.5) is 5.69 Å². The molecule has 0 radical (unpaired) electrons. The van der Waals surface area contributed by atoms with Crippen molar-refractivity contribution in [3.63, 3.8) is 0 Å². The Hall–Kier alpha value is -1.88. The monoisotopic (exact) mass is 222 g/mol. The highest BCUT2D eigenvalue weighted by Gasteiger charge is 2.09. The number of hydrogen-bond donors (Lipinski definition) is 1. The average Bonchev–Trinajstić information content (AvgIpc) is 2.25.